The maximum atomic E-state index is 12.5. The first kappa shape index (κ1) is 15.8. The fourth-order valence-electron chi connectivity index (χ4n) is 1.78. The van der Waals surface area contributed by atoms with Crippen LogP contribution in [0.3, 0.4) is 0 Å². The highest BCUT2D eigenvalue weighted by Gasteiger charge is 2.29. The summed E-state index contributed by atoms with van der Waals surface area (Å²) in [4.78, 5) is 0. The highest BCUT2D eigenvalue weighted by Crippen LogP contribution is 2.29. The summed E-state index contributed by atoms with van der Waals surface area (Å²) in [6.07, 6.45) is -4.34. The number of rotatable bonds is 2. The van der Waals surface area contributed by atoms with E-state index < -0.39 is 11.7 Å². The number of benzene rings is 2. The molecule has 0 fully saturated rings. The molecule has 0 heterocycles. The number of ether oxygens (including phenoxy) is 2. The summed E-state index contributed by atoms with van der Waals surface area (Å²) in [5.41, 5.74) is 0.425. The van der Waals surface area contributed by atoms with Crippen molar-refractivity contribution in [3.05, 3.63) is 59.2 Å². The molecule has 2 aromatic rings. The lowest BCUT2D eigenvalue weighted by atomic mass is 10.1. The molecule has 0 aromatic heterocycles. The third kappa shape index (κ3) is 3.73. The Morgan fingerprint density at radius 1 is 0.864 bits per heavy atom. The van der Waals surface area contributed by atoms with E-state index in [2.05, 4.69) is 11.8 Å². The van der Waals surface area contributed by atoms with E-state index in [1.165, 1.54) is 19.2 Å². The maximum Gasteiger partial charge on any atom is 0.416 e. The van der Waals surface area contributed by atoms with Crippen molar-refractivity contribution in [1.82, 2.24) is 0 Å². The first-order valence-corrected chi connectivity index (χ1v) is 6.35. The Morgan fingerprint density at radius 2 is 1.55 bits per heavy atom. The summed E-state index contributed by atoms with van der Waals surface area (Å²) >= 11 is 0. The van der Waals surface area contributed by atoms with Gasteiger partial charge in [0.1, 0.15) is 11.5 Å². The molecule has 0 atom stereocenters. The quantitative estimate of drug-likeness (QED) is 0.777. The standard InChI is InChI=1S/C17H13F3O2/c1-21-15-10-7-13(16(11-15)22-2)6-3-12-4-8-14(9-5-12)17(18,19)20/h4-5,7-11H,1-2H3. The molecule has 0 saturated heterocycles. The van der Waals surface area contributed by atoms with Crippen LogP contribution in [-0.2, 0) is 6.18 Å². The van der Waals surface area contributed by atoms with Gasteiger partial charge >= 0.3 is 6.18 Å². The number of halogens is 3. The topological polar surface area (TPSA) is 18.5 Å². The SMILES string of the molecule is COc1ccc(C#Cc2ccc(C(F)(F)F)cc2)c(OC)c1. The third-order valence-electron chi connectivity index (χ3n) is 2.96. The van der Waals surface area contributed by atoms with Crippen LogP contribution in [0, 0.1) is 11.8 Å². The lowest BCUT2D eigenvalue weighted by Crippen LogP contribution is -2.04. The third-order valence-corrected chi connectivity index (χ3v) is 2.96. The molecule has 0 bridgehead atoms. The average Bonchev–Trinajstić information content (AvgIpc) is 2.52. The fraction of sp³-hybridized carbons (Fsp3) is 0.176. The molecule has 0 aliphatic carbocycles. The van der Waals surface area contributed by atoms with Crippen molar-refractivity contribution in [2.75, 3.05) is 14.2 Å². The Hall–Kier alpha value is -2.61. The van der Waals surface area contributed by atoms with E-state index in [0.29, 0.717) is 22.6 Å². The number of methoxy groups -OCH3 is 2. The zero-order chi connectivity index (χ0) is 16.2. The molecule has 0 unspecified atom stereocenters. The van der Waals surface area contributed by atoms with Crippen molar-refractivity contribution in [2.24, 2.45) is 0 Å². The van der Waals surface area contributed by atoms with Gasteiger partial charge in [0, 0.05) is 11.6 Å². The number of alkyl halides is 3. The van der Waals surface area contributed by atoms with Crippen molar-refractivity contribution in [1.29, 1.82) is 0 Å². The Kier molecular flexibility index (Phi) is 4.62. The fourth-order valence-corrected chi connectivity index (χ4v) is 1.78. The highest BCUT2D eigenvalue weighted by molar-refractivity contribution is 5.52. The van der Waals surface area contributed by atoms with Crippen molar-refractivity contribution < 1.29 is 22.6 Å². The van der Waals surface area contributed by atoms with E-state index in [0.717, 1.165) is 12.1 Å². The van der Waals surface area contributed by atoms with Gasteiger partial charge in [-0.25, -0.2) is 0 Å². The summed E-state index contributed by atoms with van der Waals surface area (Å²) in [5, 5.41) is 0. The summed E-state index contributed by atoms with van der Waals surface area (Å²) in [7, 11) is 3.06. The predicted molar refractivity (Wildman–Crippen MR) is 77.0 cm³/mol. The van der Waals surface area contributed by atoms with Crippen LogP contribution in [0.15, 0.2) is 42.5 Å². The van der Waals surface area contributed by atoms with E-state index >= 15 is 0 Å². The Morgan fingerprint density at radius 3 is 2.09 bits per heavy atom. The Bertz CT molecular complexity index is 707. The van der Waals surface area contributed by atoms with Crippen LogP contribution in [-0.4, -0.2) is 14.2 Å². The second-order valence-electron chi connectivity index (χ2n) is 4.39. The normalized spacial score (nSPS) is 10.6. The summed E-state index contributed by atoms with van der Waals surface area (Å²) in [6, 6.07) is 9.85. The average molecular weight is 306 g/mol. The molecule has 0 amide bonds. The Labute approximate surface area is 126 Å². The van der Waals surface area contributed by atoms with Gasteiger partial charge in [-0.3, -0.25) is 0 Å². The molecule has 0 aliphatic heterocycles. The Balaban J connectivity index is 2.27. The van der Waals surface area contributed by atoms with Crippen molar-refractivity contribution in [3.8, 4) is 23.3 Å². The molecule has 2 nitrogen and oxygen atoms in total. The molecule has 5 heteroatoms. The molecule has 0 N–H and O–H groups in total. The molecule has 2 rings (SSSR count). The van der Waals surface area contributed by atoms with Crippen LogP contribution in [0.25, 0.3) is 0 Å². The second-order valence-corrected chi connectivity index (χ2v) is 4.39. The molecule has 22 heavy (non-hydrogen) atoms. The van der Waals surface area contributed by atoms with Gasteiger partial charge in [0.2, 0.25) is 0 Å². The molecule has 0 aliphatic rings. The summed E-state index contributed by atoms with van der Waals surface area (Å²) < 4.78 is 47.7. The summed E-state index contributed by atoms with van der Waals surface area (Å²) in [5.74, 6) is 6.87. The number of hydrogen-bond acceptors (Lipinski definition) is 2. The molecular weight excluding hydrogens is 293 g/mol. The van der Waals surface area contributed by atoms with E-state index in [1.54, 1.807) is 25.3 Å². The maximum absolute atomic E-state index is 12.5. The van der Waals surface area contributed by atoms with Gasteiger partial charge in [-0.2, -0.15) is 13.2 Å². The van der Waals surface area contributed by atoms with Gasteiger partial charge in [-0.1, -0.05) is 11.8 Å². The summed E-state index contributed by atoms with van der Waals surface area (Å²) in [6.45, 7) is 0. The number of hydrogen-bond donors (Lipinski definition) is 0. The van der Waals surface area contributed by atoms with Gasteiger partial charge in [-0.05, 0) is 36.4 Å². The molecular formula is C17H13F3O2. The van der Waals surface area contributed by atoms with Crippen LogP contribution in [0.2, 0.25) is 0 Å². The van der Waals surface area contributed by atoms with Crippen LogP contribution in [0.5, 0.6) is 11.5 Å². The highest BCUT2D eigenvalue weighted by atomic mass is 19.4. The second kappa shape index (κ2) is 6.44. The van der Waals surface area contributed by atoms with E-state index in [1.807, 2.05) is 0 Å². The van der Waals surface area contributed by atoms with Crippen molar-refractivity contribution >= 4 is 0 Å². The monoisotopic (exact) mass is 306 g/mol. The predicted octanol–water partition coefficient (Wildman–Crippen LogP) is 4.12. The van der Waals surface area contributed by atoms with Gasteiger partial charge in [0.25, 0.3) is 0 Å². The van der Waals surface area contributed by atoms with E-state index in [9.17, 15) is 13.2 Å². The molecule has 0 spiro atoms. The zero-order valence-corrected chi connectivity index (χ0v) is 12.0. The zero-order valence-electron chi connectivity index (χ0n) is 12.0. The molecule has 2 aromatic carbocycles. The van der Waals surface area contributed by atoms with Gasteiger partial charge in [0.15, 0.2) is 0 Å². The largest absolute Gasteiger partial charge is 0.497 e. The first-order valence-electron chi connectivity index (χ1n) is 6.35. The van der Waals surface area contributed by atoms with Gasteiger partial charge in [-0.15, -0.1) is 0 Å². The first-order chi connectivity index (χ1) is 10.4. The molecule has 0 saturated carbocycles. The lowest BCUT2D eigenvalue weighted by Gasteiger charge is -2.06. The lowest BCUT2D eigenvalue weighted by molar-refractivity contribution is -0.137. The minimum absolute atomic E-state index is 0.492. The van der Waals surface area contributed by atoms with Crippen LogP contribution < -0.4 is 9.47 Å². The van der Waals surface area contributed by atoms with Crippen molar-refractivity contribution in [2.45, 2.75) is 6.18 Å². The van der Waals surface area contributed by atoms with E-state index in [4.69, 9.17) is 9.47 Å². The van der Waals surface area contributed by atoms with Crippen LogP contribution >= 0.6 is 0 Å². The van der Waals surface area contributed by atoms with Gasteiger partial charge < -0.3 is 9.47 Å². The smallest absolute Gasteiger partial charge is 0.416 e. The van der Waals surface area contributed by atoms with Gasteiger partial charge in [0.05, 0.1) is 25.3 Å². The van der Waals surface area contributed by atoms with Crippen LogP contribution in [0.1, 0.15) is 16.7 Å². The molecule has 114 valence electrons. The van der Waals surface area contributed by atoms with Crippen molar-refractivity contribution in [3.63, 3.8) is 0 Å². The minimum Gasteiger partial charge on any atom is -0.497 e. The minimum atomic E-state index is -4.34. The van der Waals surface area contributed by atoms with Crippen LogP contribution in [0.4, 0.5) is 13.2 Å². The molecule has 0 radical (unpaired) electrons. The van der Waals surface area contributed by atoms with E-state index in [-0.39, 0.29) is 0 Å².